The van der Waals surface area contributed by atoms with Gasteiger partial charge in [-0.2, -0.15) is 9.58 Å². The fourth-order valence-corrected chi connectivity index (χ4v) is 7.62. The van der Waals surface area contributed by atoms with Crippen molar-refractivity contribution >= 4 is 22.7 Å². The smallest absolute Gasteiger partial charge is 0.215 e. The van der Waals surface area contributed by atoms with Crippen molar-refractivity contribution in [2.45, 2.75) is 38.9 Å². The molecule has 3 atom stereocenters. The first-order valence-electron chi connectivity index (χ1n) is 15.6. The van der Waals surface area contributed by atoms with E-state index >= 15 is 0 Å². The summed E-state index contributed by atoms with van der Waals surface area (Å²) < 4.78 is 9.10. The molecule has 0 radical (unpaired) electrons. The van der Waals surface area contributed by atoms with Crippen LogP contribution in [0.2, 0.25) is 0 Å². The number of allylic oxidation sites excluding steroid dienone is 5. The molecule has 3 unspecified atom stereocenters. The molecular weight excluding hydrogens is 538 g/mol. The minimum Gasteiger partial charge on any atom is -0.457 e. The summed E-state index contributed by atoms with van der Waals surface area (Å²) in [4.78, 5) is 0. The number of hydrogen-bond acceptors (Lipinski definition) is 3. The van der Waals surface area contributed by atoms with E-state index in [1.54, 1.807) is 0 Å². The van der Waals surface area contributed by atoms with Crippen LogP contribution in [0, 0.1) is 5.41 Å². The summed E-state index contributed by atoms with van der Waals surface area (Å²) in [7, 11) is 0. The van der Waals surface area contributed by atoms with Gasteiger partial charge in [0.05, 0.1) is 17.8 Å². The highest BCUT2D eigenvalue weighted by Crippen LogP contribution is 2.55. The molecule has 3 heterocycles. The number of benzene rings is 3. The summed E-state index contributed by atoms with van der Waals surface area (Å²) in [6.45, 7) is 6.96. The van der Waals surface area contributed by atoms with Gasteiger partial charge >= 0.3 is 0 Å². The molecule has 4 heteroatoms. The first-order valence-corrected chi connectivity index (χ1v) is 15.6. The predicted molar refractivity (Wildman–Crippen MR) is 178 cm³/mol. The molecule has 3 aliphatic carbocycles. The van der Waals surface area contributed by atoms with E-state index in [4.69, 9.17) is 4.74 Å². The quantitative estimate of drug-likeness (QED) is 0.294. The van der Waals surface area contributed by atoms with Crippen molar-refractivity contribution in [2.75, 3.05) is 5.01 Å². The van der Waals surface area contributed by atoms with Crippen molar-refractivity contribution in [3.8, 4) is 5.75 Å². The van der Waals surface area contributed by atoms with Crippen LogP contribution in [0.3, 0.4) is 0 Å². The Balaban J connectivity index is 1.37. The normalized spacial score (nSPS) is 24.5. The molecule has 0 N–H and O–H groups in total. The lowest BCUT2D eigenvalue weighted by atomic mass is 9.74. The molecule has 3 aliphatic heterocycles. The molecule has 0 fully saturated rings. The summed E-state index contributed by atoms with van der Waals surface area (Å²) in [6, 6.07) is 30.0. The molecule has 0 aromatic heterocycles. The van der Waals surface area contributed by atoms with Crippen molar-refractivity contribution in [1.29, 1.82) is 0 Å². The fraction of sp³-hybridized carbons (Fsp3) is 0.175. The Bertz CT molecular complexity index is 1980. The lowest BCUT2D eigenvalue weighted by Crippen LogP contribution is -2.67. The second-order valence-electron chi connectivity index (χ2n) is 13.2. The van der Waals surface area contributed by atoms with Gasteiger partial charge in [0.25, 0.3) is 0 Å². The zero-order valence-corrected chi connectivity index (χ0v) is 25.2. The first-order chi connectivity index (χ1) is 21.5. The van der Waals surface area contributed by atoms with Crippen LogP contribution in [0.1, 0.15) is 26.3 Å². The van der Waals surface area contributed by atoms with E-state index in [0.29, 0.717) is 0 Å². The Morgan fingerprint density at radius 3 is 2.25 bits per heavy atom. The molecule has 3 aromatic carbocycles. The lowest BCUT2D eigenvalue weighted by Gasteiger charge is -2.53. The maximum Gasteiger partial charge on any atom is 0.215 e. The SMILES string of the molecule is CC(C)(C)C1=CC2=C3C=C(Oc4ccccc4)C=C4C3N(C3C=CC=CC3=[N+]4c3ccccc3)N3c4ccccc4C(=C1)C23. The summed E-state index contributed by atoms with van der Waals surface area (Å²) in [5, 5.41) is 5.23. The second-order valence-corrected chi connectivity index (χ2v) is 13.2. The minimum absolute atomic E-state index is 0.00236. The molecule has 0 bridgehead atoms. The average Bonchev–Trinajstić information content (AvgIpc) is 3.38. The Kier molecular flexibility index (Phi) is 5.39. The van der Waals surface area contributed by atoms with Crippen molar-refractivity contribution in [2.24, 2.45) is 5.41 Å². The van der Waals surface area contributed by atoms with Gasteiger partial charge in [0.2, 0.25) is 17.1 Å². The summed E-state index contributed by atoms with van der Waals surface area (Å²) >= 11 is 0. The molecule has 44 heavy (non-hydrogen) atoms. The maximum atomic E-state index is 6.64. The second kappa shape index (κ2) is 9.28. The van der Waals surface area contributed by atoms with Crippen LogP contribution in [0.4, 0.5) is 11.4 Å². The fourth-order valence-electron chi connectivity index (χ4n) is 7.62. The molecule has 0 saturated heterocycles. The third-order valence-electron chi connectivity index (χ3n) is 9.56. The molecule has 0 amide bonds. The third kappa shape index (κ3) is 3.64. The van der Waals surface area contributed by atoms with Gasteiger partial charge in [-0.25, -0.2) is 0 Å². The van der Waals surface area contributed by atoms with E-state index in [1.807, 2.05) is 30.3 Å². The van der Waals surface area contributed by atoms with Gasteiger partial charge in [-0.1, -0.05) is 106 Å². The van der Waals surface area contributed by atoms with Gasteiger partial charge in [0, 0.05) is 23.8 Å². The number of para-hydroxylation sites is 3. The van der Waals surface area contributed by atoms with Crippen LogP contribution in [-0.4, -0.2) is 33.4 Å². The standard InChI is InChI=1S/C40H34N3O/c1-40(2,3)26-22-31-30-18-10-11-19-34(30)42-38(31)32(23-26)33-24-29(44-28-16-8-5-9-17-28)25-37-39(33)43(42)36-21-13-12-20-35(36)41(37)27-14-6-4-7-15-27/h4-25,36,38-39H,1-3H3/q+1. The molecule has 214 valence electrons. The topological polar surface area (TPSA) is 18.7 Å². The van der Waals surface area contributed by atoms with Crippen LogP contribution in [0.25, 0.3) is 5.57 Å². The Morgan fingerprint density at radius 2 is 1.45 bits per heavy atom. The monoisotopic (exact) mass is 572 g/mol. The van der Waals surface area contributed by atoms with Gasteiger partial charge < -0.3 is 4.74 Å². The van der Waals surface area contributed by atoms with Crippen LogP contribution in [-0.2, 0) is 0 Å². The number of anilines is 1. The highest BCUT2D eigenvalue weighted by atomic mass is 16.5. The zero-order valence-electron chi connectivity index (χ0n) is 25.2. The number of nitrogens with zero attached hydrogens (tertiary/aromatic N) is 3. The van der Waals surface area contributed by atoms with E-state index in [0.717, 1.165) is 17.2 Å². The molecular formula is C40H34N3O+. The van der Waals surface area contributed by atoms with E-state index in [-0.39, 0.29) is 23.5 Å². The van der Waals surface area contributed by atoms with Crippen LogP contribution < -0.4 is 9.75 Å². The number of hydrazine groups is 1. The minimum atomic E-state index is -0.00236. The van der Waals surface area contributed by atoms with Crippen LogP contribution in [0.5, 0.6) is 5.75 Å². The zero-order chi connectivity index (χ0) is 29.6. The number of rotatable bonds is 3. The molecule has 3 aromatic rings. The van der Waals surface area contributed by atoms with Gasteiger partial charge in [0.1, 0.15) is 23.6 Å². The Hall–Kier alpha value is -4.93. The molecule has 0 spiro atoms. The highest BCUT2D eigenvalue weighted by molar-refractivity contribution is 6.01. The summed E-state index contributed by atoms with van der Waals surface area (Å²) in [5.74, 6) is 1.69. The van der Waals surface area contributed by atoms with Crippen molar-refractivity contribution in [3.63, 3.8) is 0 Å². The molecule has 6 aliphatic rings. The van der Waals surface area contributed by atoms with Crippen molar-refractivity contribution in [3.05, 3.63) is 167 Å². The predicted octanol–water partition coefficient (Wildman–Crippen LogP) is 8.29. The van der Waals surface area contributed by atoms with Crippen molar-refractivity contribution in [1.82, 2.24) is 5.01 Å². The van der Waals surface area contributed by atoms with E-state index in [2.05, 4.69) is 139 Å². The summed E-state index contributed by atoms with van der Waals surface area (Å²) in [5.41, 5.74) is 11.6. The number of ether oxygens (including phenoxy) is 1. The van der Waals surface area contributed by atoms with Crippen LogP contribution >= 0.6 is 0 Å². The first kappa shape index (κ1) is 25.6. The van der Waals surface area contributed by atoms with Gasteiger partial charge in [-0.3, -0.25) is 5.01 Å². The Morgan fingerprint density at radius 1 is 0.727 bits per heavy atom. The Labute approximate surface area is 258 Å². The van der Waals surface area contributed by atoms with Gasteiger partial charge in [0.15, 0.2) is 0 Å². The highest BCUT2D eigenvalue weighted by Gasteiger charge is 2.58. The van der Waals surface area contributed by atoms with Gasteiger partial charge in [-0.05, 0) is 52.0 Å². The third-order valence-corrected chi connectivity index (χ3v) is 9.56. The largest absolute Gasteiger partial charge is 0.457 e. The van der Waals surface area contributed by atoms with E-state index < -0.39 is 0 Å². The number of hydrogen-bond donors (Lipinski definition) is 0. The molecule has 4 nitrogen and oxygen atoms in total. The number of fused-ring (bicyclic) bond motifs is 6. The van der Waals surface area contributed by atoms with Crippen molar-refractivity contribution < 1.29 is 9.31 Å². The van der Waals surface area contributed by atoms with E-state index in [1.165, 1.54) is 45.0 Å². The lowest BCUT2D eigenvalue weighted by molar-refractivity contribution is -0.402. The maximum absolute atomic E-state index is 6.64. The molecule has 9 rings (SSSR count). The average molecular weight is 573 g/mol. The van der Waals surface area contributed by atoms with Crippen LogP contribution in [0.15, 0.2) is 162 Å². The summed E-state index contributed by atoms with van der Waals surface area (Å²) in [6.07, 6.45) is 18.5. The van der Waals surface area contributed by atoms with E-state index in [9.17, 15) is 0 Å². The van der Waals surface area contributed by atoms with Gasteiger partial charge in [-0.15, -0.1) is 0 Å². The molecule has 0 saturated carbocycles.